The molecule has 0 saturated heterocycles. The van der Waals surface area contributed by atoms with Crippen molar-refractivity contribution in [3.63, 3.8) is 0 Å². The van der Waals surface area contributed by atoms with Crippen LogP contribution in [0.1, 0.15) is 13.8 Å². The molecule has 1 atom stereocenters. The van der Waals surface area contributed by atoms with Gasteiger partial charge < -0.3 is 5.11 Å². The number of hydrogen-bond donors (Lipinski definition) is 2. The lowest BCUT2D eigenvalue weighted by Gasteiger charge is -2.06. The molecule has 0 aliphatic heterocycles. The molecule has 5 heteroatoms. The minimum absolute atomic E-state index is 0.103. The summed E-state index contributed by atoms with van der Waals surface area (Å²) in [5.74, 6) is -1.12. The van der Waals surface area contributed by atoms with E-state index in [-0.39, 0.29) is 5.92 Å². The van der Waals surface area contributed by atoms with E-state index in [4.69, 9.17) is 10.5 Å². The van der Waals surface area contributed by atoms with Crippen LogP contribution in [0.5, 0.6) is 0 Å². The topological polar surface area (TPSA) is 77.5 Å². The van der Waals surface area contributed by atoms with Crippen molar-refractivity contribution in [1.82, 2.24) is 5.43 Å². The summed E-state index contributed by atoms with van der Waals surface area (Å²) in [5.41, 5.74) is 2.06. The number of carboxylic acid groups (broad SMARTS) is 1. The molecule has 0 saturated carbocycles. The third kappa shape index (κ3) is 2.31. The van der Waals surface area contributed by atoms with Crippen LogP contribution < -0.4 is 5.43 Å². The molecule has 2 N–H and O–H groups in total. The first-order valence-corrected chi connectivity index (χ1v) is 2.92. The van der Waals surface area contributed by atoms with Crippen molar-refractivity contribution in [3.8, 4) is 0 Å². The average Bonchev–Trinajstić information content (AvgIpc) is 1.81. The highest BCUT2D eigenvalue weighted by molar-refractivity contribution is 5.73. The van der Waals surface area contributed by atoms with Crippen LogP contribution >= 0.6 is 0 Å². The zero-order valence-corrected chi connectivity index (χ0v) is 5.90. The molecule has 5 nitrogen and oxygen atoms in total. The van der Waals surface area contributed by atoms with Gasteiger partial charge in [-0.2, -0.15) is 0 Å². The zero-order chi connectivity index (χ0) is 8.15. The fourth-order valence-electron chi connectivity index (χ4n) is 0.552. The highest BCUT2D eigenvalue weighted by Crippen LogP contribution is 2.00. The number of hydrogen-bond acceptors (Lipinski definition) is 3. The first-order chi connectivity index (χ1) is 4.59. The standard InChI is InChI=1S/C5H9N3O2/c1-3(2)4(5(9)10)7-8-6/h3-4,7H,1-2H3/p+1. The van der Waals surface area contributed by atoms with Gasteiger partial charge in [0.2, 0.25) is 0 Å². The Bertz CT molecular complexity index is 161. The SMILES string of the molecule is CC(C)C(N[N+]#N)C(=O)O. The Labute approximate surface area is 58.6 Å². The molecule has 0 rings (SSSR count). The van der Waals surface area contributed by atoms with E-state index >= 15 is 0 Å². The minimum Gasteiger partial charge on any atom is -0.480 e. The van der Waals surface area contributed by atoms with Gasteiger partial charge in [-0.05, 0) is 11.3 Å². The smallest absolute Gasteiger partial charge is 0.333 e. The van der Waals surface area contributed by atoms with E-state index in [1.54, 1.807) is 13.8 Å². The van der Waals surface area contributed by atoms with Gasteiger partial charge in [0.1, 0.15) is 0 Å². The van der Waals surface area contributed by atoms with Crippen molar-refractivity contribution in [3.05, 3.63) is 5.08 Å². The lowest BCUT2D eigenvalue weighted by Crippen LogP contribution is -2.36. The van der Waals surface area contributed by atoms with Gasteiger partial charge in [-0.25, -0.2) is 4.79 Å². The quantitative estimate of drug-likeness (QED) is 0.445. The van der Waals surface area contributed by atoms with Gasteiger partial charge in [0.25, 0.3) is 5.39 Å². The van der Waals surface area contributed by atoms with Gasteiger partial charge in [-0.3, -0.25) is 0 Å². The second-order valence-corrected chi connectivity index (χ2v) is 2.29. The summed E-state index contributed by atoms with van der Waals surface area (Å²) >= 11 is 0. The summed E-state index contributed by atoms with van der Waals surface area (Å²) in [5, 5.41) is 19.0. The van der Waals surface area contributed by atoms with Crippen molar-refractivity contribution < 1.29 is 9.90 Å². The van der Waals surface area contributed by atoms with E-state index in [0.29, 0.717) is 0 Å². The van der Waals surface area contributed by atoms with Gasteiger partial charge in [0.05, 0.1) is 0 Å². The summed E-state index contributed by atoms with van der Waals surface area (Å²) in [6.45, 7) is 3.44. The molecule has 0 aliphatic rings. The van der Waals surface area contributed by atoms with Crippen LogP contribution in [0.2, 0.25) is 0 Å². The molecule has 0 aromatic rings. The molecule has 56 valence electrons. The molecule has 0 spiro atoms. The predicted molar refractivity (Wildman–Crippen MR) is 34.5 cm³/mol. The Kier molecular flexibility index (Phi) is 3.19. The summed E-state index contributed by atoms with van der Waals surface area (Å²) in [6, 6.07) is -0.815. The first kappa shape index (κ1) is 8.69. The van der Waals surface area contributed by atoms with Crippen molar-refractivity contribution >= 4 is 5.97 Å². The normalized spacial score (nSPS) is 12.2. The van der Waals surface area contributed by atoms with Crippen LogP contribution in [-0.2, 0) is 4.79 Å². The largest absolute Gasteiger partial charge is 0.480 e. The second-order valence-electron chi connectivity index (χ2n) is 2.29. The number of nitrogens with one attached hydrogen (secondary N) is 1. The van der Waals surface area contributed by atoms with Crippen LogP contribution in [0.3, 0.4) is 0 Å². The lowest BCUT2D eigenvalue weighted by molar-refractivity contribution is -0.140. The third-order valence-electron chi connectivity index (χ3n) is 1.13. The molecule has 0 heterocycles. The van der Waals surface area contributed by atoms with Gasteiger partial charge in [0, 0.05) is 0 Å². The second kappa shape index (κ2) is 3.67. The summed E-state index contributed by atoms with van der Waals surface area (Å²) in [4.78, 5) is 10.3. The zero-order valence-electron chi connectivity index (χ0n) is 5.90. The predicted octanol–water partition coefficient (Wildman–Crippen LogP) is 0.453. The molecule has 10 heavy (non-hydrogen) atoms. The minimum atomic E-state index is -1.02. The third-order valence-corrected chi connectivity index (χ3v) is 1.13. The van der Waals surface area contributed by atoms with E-state index in [1.165, 1.54) is 0 Å². The van der Waals surface area contributed by atoms with Crippen LogP contribution in [0.4, 0.5) is 0 Å². The van der Waals surface area contributed by atoms with Crippen LogP contribution in [0.15, 0.2) is 0 Å². The molecule has 1 unspecified atom stereocenters. The van der Waals surface area contributed by atoms with E-state index in [2.05, 4.69) is 10.5 Å². The highest BCUT2D eigenvalue weighted by Gasteiger charge is 2.25. The van der Waals surface area contributed by atoms with Crippen LogP contribution in [0, 0.1) is 11.3 Å². The average molecular weight is 144 g/mol. The molecule has 0 bridgehead atoms. The Morgan fingerprint density at radius 1 is 1.70 bits per heavy atom. The highest BCUT2D eigenvalue weighted by atomic mass is 16.4. The van der Waals surface area contributed by atoms with Gasteiger partial charge in [0.15, 0.2) is 6.04 Å². The number of rotatable bonds is 3. The van der Waals surface area contributed by atoms with Gasteiger partial charge in [-0.1, -0.05) is 13.8 Å². The monoisotopic (exact) mass is 144 g/mol. The fourth-order valence-corrected chi connectivity index (χ4v) is 0.552. The van der Waals surface area contributed by atoms with E-state index in [9.17, 15) is 4.79 Å². The van der Waals surface area contributed by atoms with Crippen LogP contribution in [0.25, 0.3) is 5.08 Å². The fraction of sp³-hybridized carbons (Fsp3) is 0.800. The van der Waals surface area contributed by atoms with Crippen molar-refractivity contribution in [2.45, 2.75) is 19.9 Å². The van der Waals surface area contributed by atoms with Gasteiger partial charge >= 0.3 is 11.1 Å². The van der Waals surface area contributed by atoms with Gasteiger partial charge in [-0.15, -0.1) is 0 Å². The molecule has 0 aliphatic carbocycles. The molecular weight excluding hydrogens is 134 g/mol. The van der Waals surface area contributed by atoms with E-state index in [1.807, 2.05) is 0 Å². The first-order valence-electron chi connectivity index (χ1n) is 2.92. The molecule has 0 amide bonds. The van der Waals surface area contributed by atoms with E-state index in [0.717, 1.165) is 0 Å². The molecule has 0 radical (unpaired) electrons. The maximum atomic E-state index is 10.3. The number of diazo groups is 1. The Balaban J connectivity index is 4.01. The summed E-state index contributed by atoms with van der Waals surface area (Å²) in [6.07, 6.45) is 0. The van der Waals surface area contributed by atoms with Crippen LogP contribution in [-0.4, -0.2) is 17.1 Å². The summed E-state index contributed by atoms with van der Waals surface area (Å²) in [7, 11) is 0. The number of carboxylic acids is 1. The van der Waals surface area contributed by atoms with Crippen molar-refractivity contribution in [1.29, 1.82) is 5.39 Å². The number of nitrogens with zero attached hydrogens (tertiary/aromatic N) is 2. The van der Waals surface area contributed by atoms with Crippen molar-refractivity contribution in [2.24, 2.45) is 5.92 Å². The Morgan fingerprint density at radius 2 is 2.20 bits per heavy atom. The maximum absolute atomic E-state index is 10.3. The molecule has 0 aromatic carbocycles. The van der Waals surface area contributed by atoms with E-state index < -0.39 is 12.0 Å². The van der Waals surface area contributed by atoms with Crippen molar-refractivity contribution in [2.75, 3.05) is 0 Å². The molecule has 0 fully saturated rings. The molecular formula is C5H10N3O2+. The number of aliphatic carboxylic acids is 1. The Hall–Kier alpha value is -1.31. The maximum Gasteiger partial charge on any atom is 0.333 e. The number of carbonyl (C=O) groups is 1. The summed E-state index contributed by atoms with van der Waals surface area (Å²) < 4.78 is 0. The molecule has 0 aromatic heterocycles. The lowest BCUT2D eigenvalue weighted by atomic mass is 10.1. The Morgan fingerprint density at radius 3 is 2.30 bits per heavy atom.